The third-order valence-electron chi connectivity index (χ3n) is 5.06. The molecular formula is C25H38N2O10. The number of aryl methyl sites for hydroxylation is 1. The highest BCUT2D eigenvalue weighted by molar-refractivity contribution is 5.76. The molecule has 0 saturated carbocycles. The summed E-state index contributed by atoms with van der Waals surface area (Å²) in [6.07, 6.45) is -7.41. The Morgan fingerprint density at radius 1 is 0.946 bits per heavy atom. The first kappa shape index (κ1) is 30.1. The second-order valence-electron chi connectivity index (χ2n) is 10.7. The molecule has 0 radical (unpaired) electrons. The van der Waals surface area contributed by atoms with Crippen LogP contribution in [0.15, 0.2) is 24.3 Å². The minimum atomic E-state index is -1.63. The highest BCUT2D eigenvalue weighted by Gasteiger charge is 2.48. The van der Waals surface area contributed by atoms with Crippen LogP contribution in [0, 0.1) is 0 Å². The minimum absolute atomic E-state index is 0.122. The molecule has 2 rings (SSSR count). The third kappa shape index (κ3) is 10.4. The number of benzene rings is 1. The zero-order valence-electron chi connectivity index (χ0n) is 22.0. The molecule has 208 valence electrons. The molecule has 5 N–H and O–H groups in total. The first-order chi connectivity index (χ1) is 17.0. The summed E-state index contributed by atoms with van der Waals surface area (Å²) in [4.78, 5) is 36.9. The molecule has 2 amide bonds. The van der Waals surface area contributed by atoms with Crippen LogP contribution in [0.4, 0.5) is 9.59 Å². The number of aliphatic hydroxyl groups excluding tert-OH is 2. The molecule has 0 unspecified atom stereocenters. The number of phenolic OH excluding ortho intramolecular Hbond substituents is 1. The molecule has 1 heterocycles. The number of phenols is 1. The molecule has 0 aliphatic carbocycles. The Morgan fingerprint density at radius 2 is 1.54 bits per heavy atom. The number of ether oxygens (including phenoxy) is 4. The van der Waals surface area contributed by atoms with Gasteiger partial charge in [0.2, 0.25) is 12.2 Å². The number of alkyl carbamates (subject to hydrolysis) is 1. The number of hydrogen-bond acceptors (Lipinski definition) is 10. The second-order valence-corrected chi connectivity index (χ2v) is 10.7. The summed E-state index contributed by atoms with van der Waals surface area (Å²) in [5.74, 6) is -0.227. The molecular weight excluding hydrogens is 488 g/mol. The van der Waals surface area contributed by atoms with Crippen LogP contribution in [-0.2, 0) is 30.2 Å². The first-order valence-electron chi connectivity index (χ1n) is 12.0. The van der Waals surface area contributed by atoms with Gasteiger partial charge in [0.1, 0.15) is 41.3 Å². The normalized spacial score (nSPS) is 24.1. The maximum absolute atomic E-state index is 12.3. The van der Waals surface area contributed by atoms with Gasteiger partial charge >= 0.3 is 12.2 Å². The van der Waals surface area contributed by atoms with Gasteiger partial charge in [-0.25, -0.2) is 9.59 Å². The van der Waals surface area contributed by atoms with E-state index in [4.69, 9.17) is 18.9 Å². The van der Waals surface area contributed by atoms with E-state index in [1.807, 2.05) is 0 Å². The zero-order valence-corrected chi connectivity index (χ0v) is 22.0. The van der Waals surface area contributed by atoms with Crippen molar-refractivity contribution in [1.29, 1.82) is 0 Å². The summed E-state index contributed by atoms with van der Waals surface area (Å²) >= 11 is 0. The number of nitrogens with one attached hydrogen (secondary N) is 2. The molecule has 1 aliphatic rings. The van der Waals surface area contributed by atoms with E-state index in [2.05, 4.69) is 10.6 Å². The average Bonchev–Trinajstić information content (AvgIpc) is 2.75. The van der Waals surface area contributed by atoms with E-state index in [1.54, 1.807) is 53.7 Å². The van der Waals surface area contributed by atoms with Gasteiger partial charge in [0.05, 0.1) is 0 Å². The van der Waals surface area contributed by atoms with E-state index in [-0.39, 0.29) is 24.6 Å². The molecule has 1 saturated heterocycles. The van der Waals surface area contributed by atoms with Crippen LogP contribution in [0.1, 0.15) is 53.5 Å². The first-order valence-corrected chi connectivity index (χ1v) is 12.0. The number of aromatic hydroxyl groups is 1. The van der Waals surface area contributed by atoms with Gasteiger partial charge in [0, 0.05) is 13.0 Å². The fourth-order valence-corrected chi connectivity index (χ4v) is 3.39. The van der Waals surface area contributed by atoms with Crippen LogP contribution in [-0.4, -0.2) is 81.9 Å². The number of carbonyl (C=O) groups excluding carboxylic acids is 3. The van der Waals surface area contributed by atoms with Gasteiger partial charge in [-0.15, -0.1) is 0 Å². The van der Waals surface area contributed by atoms with Gasteiger partial charge in [-0.3, -0.25) is 4.79 Å². The van der Waals surface area contributed by atoms with Crippen molar-refractivity contribution in [3.05, 3.63) is 29.8 Å². The SMILES string of the molecule is CC(C)(C)OC(=O)N[C@H]1[C@H](OC(=O)OC(C)(C)C)O[C@H](CNC(=O)CCc2ccc(O)cc2)[C@@H](O)[C@@H]1O. The lowest BCUT2D eigenvalue weighted by Crippen LogP contribution is -2.66. The predicted molar refractivity (Wildman–Crippen MR) is 131 cm³/mol. The van der Waals surface area contributed by atoms with Gasteiger partial charge in [-0.2, -0.15) is 0 Å². The number of rotatable bonds is 7. The zero-order chi connectivity index (χ0) is 28.0. The van der Waals surface area contributed by atoms with Crippen molar-refractivity contribution in [3.8, 4) is 5.75 Å². The molecule has 5 atom stereocenters. The van der Waals surface area contributed by atoms with Crippen molar-refractivity contribution >= 4 is 18.2 Å². The average molecular weight is 527 g/mol. The Hall–Kier alpha value is -3.09. The summed E-state index contributed by atoms with van der Waals surface area (Å²) in [5.41, 5.74) is -0.889. The molecule has 37 heavy (non-hydrogen) atoms. The van der Waals surface area contributed by atoms with Crippen LogP contribution in [0.25, 0.3) is 0 Å². The van der Waals surface area contributed by atoms with E-state index in [1.165, 1.54) is 12.1 Å². The van der Waals surface area contributed by atoms with Gasteiger partial charge in [-0.05, 0) is 65.7 Å². The van der Waals surface area contributed by atoms with Crippen LogP contribution in [0.2, 0.25) is 0 Å². The predicted octanol–water partition coefficient (Wildman–Crippen LogP) is 1.73. The molecule has 12 heteroatoms. The number of amides is 2. The Bertz CT molecular complexity index is 923. The monoisotopic (exact) mass is 526 g/mol. The van der Waals surface area contributed by atoms with Gasteiger partial charge in [0.15, 0.2) is 0 Å². The smallest absolute Gasteiger partial charge is 0.508 e. The Balaban J connectivity index is 2.05. The van der Waals surface area contributed by atoms with E-state index in [9.17, 15) is 29.7 Å². The van der Waals surface area contributed by atoms with E-state index in [0.29, 0.717) is 6.42 Å². The van der Waals surface area contributed by atoms with Crippen molar-refractivity contribution in [2.45, 2.75) is 96.2 Å². The van der Waals surface area contributed by atoms with Crippen molar-refractivity contribution in [1.82, 2.24) is 10.6 Å². The summed E-state index contributed by atoms with van der Waals surface area (Å²) in [5, 5.41) is 35.7. The number of aliphatic hydroxyl groups is 2. The molecule has 0 spiro atoms. The Morgan fingerprint density at radius 3 is 2.11 bits per heavy atom. The van der Waals surface area contributed by atoms with E-state index >= 15 is 0 Å². The Labute approximate surface area is 216 Å². The van der Waals surface area contributed by atoms with Crippen molar-refractivity contribution in [2.24, 2.45) is 0 Å². The molecule has 12 nitrogen and oxygen atoms in total. The lowest BCUT2D eigenvalue weighted by atomic mass is 9.96. The fraction of sp³-hybridized carbons (Fsp3) is 0.640. The van der Waals surface area contributed by atoms with Gasteiger partial charge in [-0.1, -0.05) is 12.1 Å². The van der Waals surface area contributed by atoms with Crippen LogP contribution < -0.4 is 10.6 Å². The van der Waals surface area contributed by atoms with Crippen LogP contribution in [0.5, 0.6) is 5.75 Å². The summed E-state index contributed by atoms with van der Waals surface area (Å²) < 4.78 is 21.2. The maximum Gasteiger partial charge on any atom is 0.511 e. The molecule has 0 aromatic heterocycles. The fourth-order valence-electron chi connectivity index (χ4n) is 3.39. The van der Waals surface area contributed by atoms with E-state index < -0.39 is 54.1 Å². The largest absolute Gasteiger partial charge is 0.511 e. The van der Waals surface area contributed by atoms with Crippen molar-refractivity contribution in [2.75, 3.05) is 6.54 Å². The number of hydrogen-bond donors (Lipinski definition) is 5. The molecule has 1 aromatic carbocycles. The lowest BCUT2D eigenvalue weighted by Gasteiger charge is -2.42. The molecule has 1 aromatic rings. The van der Waals surface area contributed by atoms with Crippen LogP contribution >= 0.6 is 0 Å². The van der Waals surface area contributed by atoms with Gasteiger partial charge in [0.25, 0.3) is 0 Å². The van der Waals surface area contributed by atoms with Gasteiger partial charge < -0.3 is 44.9 Å². The van der Waals surface area contributed by atoms with Crippen molar-refractivity contribution in [3.63, 3.8) is 0 Å². The molecule has 0 bridgehead atoms. The highest BCUT2D eigenvalue weighted by atomic mass is 16.8. The summed E-state index contributed by atoms with van der Waals surface area (Å²) in [7, 11) is 0. The van der Waals surface area contributed by atoms with Crippen molar-refractivity contribution < 1.29 is 48.7 Å². The summed E-state index contributed by atoms with van der Waals surface area (Å²) in [6, 6.07) is 5.05. The topological polar surface area (TPSA) is 173 Å². The third-order valence-corrected chi connectivity index (χ3v) is 5.06. The second kappa shape index (κ2) is 12.4. The highest BCUT2D eigenvalue weighted by Crippen LogP contribution is 2.24. The standard InChI is InChI=1S/C25H38N2O10/c1-24(2,3)36-22(32)27-18-20(31)19(30)16(34-21(18)35-23(33)37-25(4,5)6)13-26-17(29)12-9-14-7-10-15(28)11-8-14/h7-8,10-11,16,18-21,28,30-31H,9,12-13H2,1-6H3,(H,26,29)(H,27,32)/t16-,18-,19-,20-,21+/m1/s1. The number of carbonyl (C=O) groups is 3. The minimum Gasteiger partial charge on any atom is -0.508 e. The van der Waals surface area contributed by atoms with E-state index in [0.717, 1.165) is 5.56 Å². The molecule has 1 fully saturated rings. The Kier molecular flexibility index (Phi) is 10.1. The maximum atomic E-state index is 12.3. The molecule has 1 aliphatic heterocycles. The van der Waals surface area contributed by atoms with Crippen LogP contribution in [0.3, 0.4) is 0 Å². The lowest BCUT2D eigenvalue weighted by molar-refractivity contribution is -0.251. The summed E-state index contributed by atoms with van der Waals surface area (Å²) in [6.45, 7) is 9.60. The quantitative estimate of drug-likeness (QED) is 0.329.